The highest BCUT2D eigenvalue weighted by atomic mass is 14.6. The van der Waals surface area contributed by atoms with Gasteiger partial charge in [0.1, 0.15) is 0 Å². The first-order valence-electron chi connectivity index (χ1n) is 5.10. The van der Waals surface area contributed by atoms with Crippen LogP contribution in [0.4, 0.5) is 0 Å². The van der Waals surface area contributed by atoms with E-state index >= 15 is 0 Å². The summed E-state index contributed by atoms with van der Waals surface area (Å²) < 4.78 is 0. The fourth-order valence-corrected chi connectivity index (χ4v) is 0.448. The predicted octanol–water partition coefficient (Wildman–Crippen LogP) is 4.22. The molecule has 76 valence electrons. The number of nitrogens with zero attached hydrogens (tertiary/aromatic N) is 1. The van der Waals surface area contributed by atoms with Crippen LogP contribution in [0, 0.1) is 6.92 Å². The lowest BCUT2D eigenvalue weighted by Crippen LogP contribution is -1.72. The molecule has 0 fully saturated rings. The second-order valence-corrected chi connectivity index (χ2v) is 2.89. The number of rotatable bonds is 0. The first-order chi connectivity index (χ1) is 6.22. The molecule has 1 heteroatoms. The lowest BCUT2D eigenvalue weighted by Gasteiger charge is -1.82. The molecule has 13 heavy (non-hydrogen) atoms. The van der Waals surface area contributed by atoms with Gasteiger partial charge in [0, 0.05) is 11.9 Å². The zero-order chi connectivity index (χ0) is 10.5. The fourth-order valence-electron chi connectivity index (χ4n) is 0.448. The standard InChI is InChI=1S/C6H7N.2C3H8/c1-6-4-2-3-5-7-6;2*1-3-2/h2-5H,1H3;2*3H2,1-2H3. The topological polar surface area (TPSA) is 12.9 Å². The molecule has 1 aromatic heterocycles. The van der Waals surface area contributed by atoms with Crippen LogP contribution >= 0.6 is 0 Å². The summed E-state index contributed by atoms with van der Waals surface area (Å²) in [7, 11) is 0. The van der Waals surface area contributed by atoms with Crippen LogP contribution in [0.25, 0.3) is 0 Å². The molecule has 1 heterocycles. The van der Waals surface area contributed by atoms with Crippen LogP contribution in [0.1, 0.15) is 46.2 Å². The molecule has 0 unspecified atom stereocenters. The quantitative estimate of drug-likeness (QED) is 0.584. The predicted molar refractivity (Wildman–Crippen MR) is 60.9 cm³/mol. The number of hydrogen-bond donors (Lipinski definition) is 0. The van der Waals surface area contributed by atoms with Crippen molar-refractivity contribution >= 4 is 0 Å². The van der Waals surface area contributed by atoms with Crippen molar-refractivity contribution in [3.63, 3.8) is 0 Å². The Kier molecular flexibility index (Phi) is 15.5. The molecule has 0 saturated carbocycles. The van der Waals surface area contributed by atoms with Crippen LogP contribution in [-0.4, -0.2) is 4.98 Å². The minimum Gasteiger partial charge on any atom is -0.262 e. The van der Waals surface area contributed by atoms with E-state index in [0.29, 0.717) is 0 Å². The van der Waals surface area contributed by atoms with Crippen LogP contribution in [0.2, 0.25) is 0 Å². The monoisotopic (exact) mass is 181 g/mol. The summed E-state index contributed by atoms with van der Waals surface area (Å²) in [6.45, 7) is 10.5. The van der Waals surface area contributed by atoms with Crippen molar-refractivity contribution in [3.8, 4) is 0 Å². The van der Waals surface area contributed by atoms with Crippen molar-refractivity contribution in [2.45, 2.75) is 47.5 Å². The van der Waals surface area contributed by atoms with E-state index in [0.717, 1.165) is 5.69 Å². The molecule has 1 aromatic rings. The molecule has 0 radical (unpaired) electrons. The van der Waals surface area contributed by atoms with Crippen LogP contribution in [0.3, 0.4) is 0 Å². The Bertz CT molecular complexity index is 156. The molecule has 0 spiro atoms. The summed E-state index contributed by atoms with van der Waals surface area (Å²) in [5.41, 5.74) is 1.07. The zero-order valence-electron chi connectivity index (χ0n) is 9.67. The van der Waals surface area contributed by atoms with Gasteiger partial charge in [0.25, 0.3) is 0 Å². The van der Waals surface area contributed by atoms with Crippen molar-refractivity contribution in [2.24, 2.45) is 0 Å². The summed E-state index contributed by atoms with van der Waals surface area (Å²) in [5.74, 6) is 0. The summed E-state index contributed by atoms with van der Waals surface area (Å²) >= 11 is 0. The number of pyridine rings is 1. The Morgan fingerprint density at radius 2 is 1.46 bits per heavy atom. The van der Waals surface area contributed by atoms with Gasteiger partial charge in [0.2, 0.25) is 0 Å². The maximum absolute atomic E-state index is 3.98. The highest BCUT2D eigenvalue weighted by molar-refractivity contribution is 4.99. The molecule has 0 atom stereocenters. The summed E-state index contributed by atoms with van der Waals surface area (Å²) in [6.07, 6.45) is 4.29. The molecule has 0 amide bonds. The molecule has 1 nitrogen and oxygen atoms in total. The van der Waals surface area contributed by atoms with Crippen molar-refractivity contribution in [2.75, 3.05) is 0 Å². The van der Waals surface area contributed by atoms with E-state index in [4.69, 9.17) is 0 Å². The molecule has 0 bridgehead atoms. The largest absolute Gasteiger partial charge is 0.262 e. The molecule has 0 aliphatic rings. The molecule has 0 aliphatic carbocycles. The van der Waals surface area contributed by atoms with E-state index in [1.807, 2.05) is 25.1 Å². The van der Waals surface area contributed by atoms with Gasteiger partial charge in [0.15, 0.2) is 0 Å². The molecule has 0 aliphatic heterocycles. The van der Waals surface area contributed by atoms with E-state index in [1.165, 1.54) is 12.8 Å². The van der Waals surface area contributed by atoms with Crippen LogP contribution in [-0.2, 0) is 0 Å². The highest BCUT2D eigenvalue weighted by Gasteiger charge is 1.73. The minimum atomic E-state index is 1.07. The van der Waals surface area contributed by atoms with E-state index < -0.39 is 0 Å². The zero-order valence-corrected chi connectivity index (χ0v) is 9.67. The van der Waals surface area contributed by atoms with E-state index in [1.54, 1.807) is 6.20 Å². The van der Waals surface area contributed by atoms with Crippen molar-refractivity contribution in [1.29, 1.82) is 0 Å². The summed E-state index contributed by atoms with van der Waals surface area (Å²) in [4.78, 5) is 3.98. The lowest BCUT2D eigenvalue weighted by molar-refractivity contribution is 1.09. The second-order valence-electron chi connectivity index (χ2n) is 2.89. The van der Waals surface area contributed by atoms with Gasteiger partial charge in [-0.05, 0) is 19.1 Å². The van der Waals surface area contributed by atoms with Gasteiger partial charge in [-0.3, -0.25) is 4.98 Å². The maximum atomic E-state index is 3.98. The number of aromatic nitrogens is 1. The van der Waals surface area contributed by atoms with Gasteiger partial charge in [0.05, 0.1) is 0 Å². The molecular weight excluding hydrogens is 158 g/mol. The highest BCUT2D eigenvalue weighted by Crippen LogP contribution is 1.85. The average Bonchev–Trinajstić information content (AvgIpc) is 2.08. The maximum Gasteiger partial charge on any atom is 0.0372 e. The Hall–Kier alpha value is -0.850. The Morgan fingerprint density at radius 3 is 1.62 bits per heavy atom. The van der Waals surface area contributed by atoms with Crippen molar-refractivity contribution in [1.82, 2.24) is 4.98 Å². The van der Waals surface area contributed by atoms with Gasteiger partial charge in [-0.2, -0.15) is 0 Å². The number of aryl methyl sites for hydroxylation is 1. The van der Waals surface area contributed by atoms with Crippen molar-refractivity contribution in [3.05, 3.63) is 30.1 Å². The smallest absolute Gasteiger partial charge is 0.0372 e. The molecule has 1 rings (SSSR count). The average molecular weight is 181 g/mol. The first kappa shape index (κ1) is 14.7. The van der Waals surface area contributed by atoms with E-state index in [9.17, 15) is 0 Å². The third-order valence-corrected chi connectivity index (χ3v) is 0.813. The summed E-state index contributed by atoms with van der Waals surface area (Å²) in [5, 5.41) is 0. The minimum absolute atomic E-state index is 1.07. The fraction of sp³-hybridized carbons (Fsp3) is 0.583. The van der Waals surface area contributed by atoms with Gasteiger partial charge < -0.3 is 0 Å². The molecule has 0 saturated heterocycles. The van der Waals surface area contributed by atoms with Crippen molar-refractivity contribution < 1.29 is 0 Å². The third-order valence-electron chi connectivity index (χ3n) is 0.813. The Labute approximate surface area is 83.2 Å². The second kappa shape index (κ2) is 13.7. The van der Waals surface area contributed by atoms with Gasteiger partial charge in [-0.25, -0.2) is 0 Å². The Morgan fingerprint density at radius 1 is 1.00 bits per heavy atom. The van der Waals surface area contributed by atoms with E-state index in [2.05, 4.69) is 32.7 Å². The summed E-state index contributed by atoms with van der Waals surface area (Å²) in [6, 6.07) is 5.86. The third kappa shape index (κ3) is 18.3. The normalized spacial score (nSPS) is 7.46. The van der Waals surface area contributed by atoms with Crippen LogP contribution in [0.5, 0.6) is 0 Å². The van der Waals surface area contributed by atoms with Crippen LogP contribution in [0.15, 0.2) is 24.4 Å². The Balaban J connectivity index is 0. The van der Waals surface area contributed by atoms with Gasteiger partial charge in [-0.1, -0.05) is 46.6 Å². The van der Waals surface area contributed by atoms with Crippen LogP contribution < -0.4 is 0 Å². The lowest BCUT2D eigenvalue weighted by atomic mass is 10.4. The SMILES string of the molecule is CCC.CCC.Cc1ccccn1. The molecule has 0 aromatic carbocycles. The molecular formula is C12H23N. The number of hydrogen-bond acceptors (Lipinski definition) is 1. The van der Waals surface area contributed by atoms with E-state index in [-0.39, 0.29) is 0 Å². The molecule has 0 N–H and O–H groups in total. The van der Waals surface area contributed by atoms with Gasteiger partial charge in [-0.15, -0.1) is 0 Å². The first-order valence-corrected chi connectivity index (χ1v) is 5.10. The van der Waals surface area contributed by atoms with Gasteiger partial charge >= 0.3 is 0 Å².